The molecule has 0 fully saturated rings. The normalized spacial score (nSPS) is 11.1. The van der Waals surface area contributed by atoms with Crippen molar-refractivity contribution in [3.8, 4) is 0 Å². The molecule has 0 saturated carbocycles. The van der Waals surface area contributed by atoms with Gasteiger partial charge in [0.2, 0.25) is 0 Å². The number of hydrogen-bond acceptors (Lipinski definition) is 5. The first kappa shape index (κ1) is 12.9. The molecule has 1 amide bonds. The van der Waals surface area contributed by atoms with Crippen LogP contribution in [0.25, 0.3) is 22.1 Å². The molecule has 0 unspecified atom stereocenters. The molecule has 0 radical (unpaired) electrons. The maximum atomic E-state index is 12.2. The van der Waals surface area contributed by atoms with Crippen molar-refractivity contribution in [1.82, 2.24) is 24.0 Å². The quantitative estimate of drug-likeness (QED) is 0.609. The number of aromatic amines is 1. The molecule has 22 heavy (non-hydrogen) atoms. The van der Waals surface area contributed by atoms with Crippen molar-refractivity contribution in [1.29, 1.82) is 0 Å². The maximum absolute atomic E-state index is 12.2. The third kappa shape index (κ3) is 2.31. The summed E-state index contributed by atoms with van der Waals surface area (Å²) in [7, 11) is 0. The van der Waals surface area contributed by atoms with E-state index >= 15 is 0 Å². The van der Waals surface area contributed by atoms with Crippen molar-refractivity contribution in [2.45, 2.75) is 6.54 Å². The monoisotopic (exact) mass is 309 g/mol. The Morgan fingerprint density at radius 1 is 1.09 bits per heavy atom. The molecule has 2 aromatic carbocycles. The molecule has 4 rings (SSSR count). The van der Waals surface area contributed by atoms with Crippen LogP contribution in [0.4, 0.5) is 0 Å². The molecule has 2 aromatic heterocycles. The van der Waals surface area contributed by atoms with Gasteiger partial charge in [0.25, 0.3) is 5.91 Å². The highest BCUT2D eigenvalue weighted by Gasteiger charge is 2.09. The topological polar surface area (TPSA) is 83.6 Å². The molecular weight excluding hydrogens is 298 g/mol. The summed E-state index contributed by atoms with van der Waals surface area (Å²) in [6, 6.07) is 13.1. The van der Waals surface area contributed by atoms with Gasteiger partial charge in [0.15, 0.2) is 0 Å². The Hall–Kier alpha value is -2.80. The minimum absolute atomic E-state index is 0.157. The first-order valence-corrected chi connectivity index (χ1v) is 7.47. The average Bonchev–Trinajstić information content (AvgIpc) is 3.17. The summed E-state index contributed by atoms with van der Waals surface area (Å²) in [5, 5.41) is 2.86. The fraction of sp³-hybridized carbons (Fsp3) is 0.0667. The van der Waals surface area contributed by atoms with Gasteiger partial charge in [0.1, 0.15) is 16.9 Å². The van der Waals surface area contributed by atoms with Crippen molar-refractivity contribution in [3.63, 3.8) is 0 Å². The van der Waals surface area contributed by atoms with Gasteiger partial charge in [0, 0.05) is 5.56 Å². The minimum Gasteiger partial charge on any atom is -0.345 e. The molecule has 0 saturated heterocycles. The molecule has 6 nitrogen and oxygen atoms in total. The standard InChI is InChI=1S/C15H11N5OS/c21-15(9-5-6-12-13(7-9)20-22-19-12)16-8-14-17-10-3-1-2-4-11(10)18-14/h1-7H,8H2,(H,16,21)(H,17,18). The number of para-hydroxylation sites is 2. The Morgan fingerprint density at radius 2 is 1.95 bits per heavy atom. The third-order valence-corrected chi connectivity index (χ3v) is 3.93. The van der Waals surface area contributed by atoms with Crippen molar-refractivity contribution < 1.29 is 4.79 Å². The molecule has 108 valence electrons. The second-order valence-electron chi connectivity index (χ2n) is 4.85. The Bertz CT molecular complexity index is 941. The Kier molecular flexibility index (Phi) is 3.05. The number of nitrogens with zero attached hydrogens (tertiary/aromatic N) is 3. The van der Waals surface area contributed by atoms with E-state index in [0.717, 1.165) is 39.6 Å². The van der Waals surface area contributed by atoms with E-state index in [0.29, 0.717) is 12.1 Å². The van der Waals surface area contributed by atoms with Crippen LogP contribution < -0.4 is 5.32 Å². The number of carbonyl (C=O) groups is 1. The molecule has 2 heterocycles. The number of benzene rings is 2. The summed E-state index contributed by atoms with van der Waals surface area (Å²) in [5.41, 5.74) is 3.96. The minimum atomic E-state index is -0.157. The van der Waals surface area contributed by atoms with E-state index in [-0.39, 0.29) is 5.91 Å². The summed E-state index contributed by atoms with van der Waals surface area (Å²) < 4.78 is 8.26. The summed E-state index contributed by atoms with van der Waals surface area (Å²) in [6.07, 6.45) is 0. The van der Waals surface area contributed by atoms with Crippen LogP contribution in [0.3, 0.4) is 0 Å². The van der Waals surface area contributed by atoms with Crippen molar-refractivity contribution in [3.05, 3.63) is 53.9 Å². The van der Waals surface area contributed by atoms with Gasteiger partial charge in [-0.1, -0.05) is 12.1 Å². The predicted molar refractivity (Wildman–Crippen MR) is 84.7 cm³/mol. The Morgan fingerprint density at radius 3 is 2.86 bits per heavy atom. The zero-order valence-corrected chi connectivity index (χ0v) is 12.2. The number of H-pyrrole nitrogens is 1. The molecule has 0 spiro atoms. The fourth-order valence-corrected chi connectivity index (χ4v) is 2.80. The van der Waals surface area contributed by atoms with Gasteiger partial charge in [-0.3, -0.25) is 4.79 Å². The largest absolute Gasteiger partial charge is 0.345 e. The molecule has 4 aromatic rings. The number of carbonyl (C=O) groups excluding carboxylic acids is 1. The van der Waals surface area contributed by atoms with E-state index in [4.69, 9.17) is 0 Å². The van der Waals surface area contributed by atoms with Crippen LogP contribution in [0.1, 0.15) is 16.2 Å². The lowest BCUT2D eigenvalue weighted by Gasteiger charge is -2.03. The van der Waals surface area contributed by atoms with Crippen molar-refractivity contribution in [2.24, 2.45) is 0 Å². The SMILES string of the molecule is O=C(NCc1nc2ccccc2[nH]1)c1ccc2nsnc2c1. The van der Waals surface area contributed by atoms with E-state index in [1.54, 1.807) is 18.2 Å². The third-order valence-electron chi connectivity index (χ3n) is 3.37. The number of hydrogen-bond donors (Lipinski definition) is 2. The second-order valence-corrected chi connectivity index (χ2v) is 5.38. The van der Waals surface area contributed by atoms with Crippen molar-refractivity contribution >= 4 is 39.7 Å². The molecule has 0 atom stereocenters. The highest BCUT2D eigenvalue weighted by atomic mass is 32.1. The fourth-order valence-electron chi connectivity index (χ4n) is 2.28. The van der Waals surface area contributed by atoms with E-state index in [2.05, 4.69) is 24.0 Å². The number of aromatic nitrogens is 4. The lowest BCUT2D eigenvalue weighted by molar-refractivity contribution is 0.0950. The number of rotatable bonds is 3. The summed E-state index contributed by atoms with van der Waals surface area (Å²) in [5.74, 6) is 0.571. The number of amides is 1. The average molecular weight is 309 g/mol. The van der Waals surface area contributed by atoms with E-state index < -0.39 is 0 Å². The van der Waals surface area contributed by atoms with E-state index in [1.165, 1.54) is 0 Å². The number of imidazole rings is 1. The van der Waals surface area contributed by atoms with E-state index in [9.17, 15) is 4.79 Å². The Balaban J connectivity index is 1.51. The van der Waals surface area contributed by atoms with Gasteiger partial charge in [-0.15, -0.1) is 0 Å². The van der Waals surface area contributed by atoms with Gasteiger partial charge >= 0.3 is 0 Å². The van der Waals surface area contributed by atoms with Crippen LogP contribution in [0.15, 0.2) is 42.5 Å². The lowest BCUT2D eigenvalue weighted by atomic mass is 10.2. The van der Waals surface area contributed by atoms with Gasteiger partial charge < -0.3 is 10.3 Å². The molecule has 0 aliphatic heterocycles. The first-order chi connectivity index (χ1) is 10.8. The molecular formula is C15H11N5OS. The van der Waals surface area contributed by atoms with Crippen LogP contribution >= 0.6 is 11.7 Å². The highest BCUT2D eigenvalue weighted by Crippen LogP contribution is 2.14. The first-order valence-electron chi connectivity index (χ1n) is 6.74. The molecule has 2 N–H and O–H groups in total. The zero-order chi connectivity index (χ0) is 14.9. The van der Waals surface area contributed by atoms with Crippen LogP contribution in [0.2, 0.25) is 0 Å². The predicted octanol–water partition coefficient (Wildman–Crippen LogP) is 2.50. The van der Waals surface area contributed by atoms with Crippen molar-refractivity contribution in [2.75, 3.05) is 0 Å². The smallest absolute Gasteiger partial charge is 0.251 e. The summed E-state index contributed by atoms with van der Waals surface area (Å²) in [6.45, 7) is 0.348. The van der Waals surface area contributed by atoms with Crippen LogP contribution in [-0.4, -0.2) is 24.6 Å². The van der Waals surface area contributed by atoms with Crippen LogP contribution in [0.5, 0.6) is 0 Å². The van der Waals surface area contributed by atoms with Crippen LogP contribution in [0, 0.1) is 0 Å². The number of nitrogens with one attached hydrogen (secondary N) is 2. The molecule has 0 aliphatic carbocycles. The van der Waals surface area contributed by atoms with Gasteiger partial charge in [-0.05, 0) is 30.3 Å². The summed E-state index contributed by atoms with van der Waals surface area (Å²) in [4.78, 5) is 19.8. The molecule has 0 bridgehead atoms. The van der Waals surface area contributed by atoms with Crippen LogP contribution in [-0.2, 0) is 6.54 Å². The zero-order valence-electron chi connectivity index (χ0n) is 11.4. The van der Waals surface area contributed by atoms with Gasteiger partial charge in [0.05, 0.1) is 29.3 Å². The number of fused-ring (bicyclic) bond motifs is 2. The highest BCUT2D eigenvalue weighted by molar-refractivity contribution is 7.00. The molecule has 7 heteroatoms. The second kappa shape index (κ2) is 5.19. The van der Waals surface area contributed by atoms with Gasteiger partial charge in [-0.25, -0.2) is 4.98 Å². The van der Waals surface area contributed by atoms with Gasteiger partial charge in [-0.2, -0.15) is 8.75 Å². The Labute approximate surface area is 129 Å². The maximum Gasteiger partial charge on any atom is 0.251 e. The lowest BCUT2D eigenvalue weighted by Crippen LogP contribution is -2.23. The molecule has 0 aliphatic rings. The van der Waals surface area contributed by atoms with E-state index in [1.807, 2.05) is 24.3 Å². The summed E-state index contributed by atoms with van der Waals surface area (Å²) >= 11 is 1.14.